The first-order valence-electron chi connectivity index (χ1n) is 9.01. The van der Waals surface area contributed by atoms with Crippen molar-refractivity contribution < 1.29 is 9.53 Å². The van der Waals surface area contributed by atoms with Crippen LogP contribution in [0.2, 0.25) is 5.02 Å². The van der Waals surface area contributed by atoms with E-state index in [1.54, 1.807) is 48.7 Å². The molecule has 1 aliphatic heterocycles. The second kappa shape index (κ2) is 8.00. The van der Waals surface area contributed by atoms with Gasteiger partial charge in [-0.2, -0.15) is 0 Å². The molecule has 0 bridgehead atoms. The number of nitrogens with one attached hydrogen (secondary N) is 1. The van der Waals surface area contributed by atoms with Crippen molar-refractivity contribution in [2.24, 2.45) is 7.05 Å². The Morgan fingerprint density at radius 2 is 2.07 bits per heavy atom. The van der Waals surface area contributed by atoms with Crippen LogP contribution in [0.1, 0.15) is 22.4 Å². The van der Waals surface area contributed by atoms with E-state index >= 15 is 0 Å². The van der Waals surface area contributed by atoms with E-state index < -0.39 is 0 Å². The van der Waals surface area contributed by atoms with E-state index in [1.807, 2.05) is 22.7 Å². The van der Waals surface area contributed by atoms with Crippen LogP contribution in [-0.4, -0.2) is 45.0 Å². The van der Waals surface area contributed by atoms with Crippen molar-refractivity contribution in [2.45, 2.75) is 6.04 Å². The van der Waals surface area contributed by atoms with Crippen LogP contribution in [0.25, 0.3) is 0 Å². The number of imidazole rings is 1. The molecule has 0 spiro atoms. The number of carbonyl (C=O) groups excluding carboxylic acids is 1. The number of hydrogen-bond acceptors (Lipinski definition) is 5. The molecular weight excluding hydrogens is 378 g/mol. The summed E-state index contributed by atoms with van der Waals surface area (Å²) in [5, 5.41) is 3.96. The van der Waals surface area contributed by atoms with Crippen LogP contribution in [0, 0.1) is 0 Å². The van der Waals surface area contributed by atoms with Gasteiger partial charge in [0.2, 0.25) is 5.88 Å². The highest BCUT2D eigenvalue weighted by molar-refractivity contribution is 6.30. The van der Waals surface area contributed by atoms with Gasteiger partial charge in [-0.3, -0.25) is 4.79 Å². The number of ether oxygens (including phenoxy) is 1. The van der Waals surface area contributed by atoms with E-state index in [0.717, 1.165) is 12.4 Å². The molecule has 1 N–H and O–H groups in total. The molecule has 28 heavy (non-hydrogen) atoms. The van der Waals surface area contributed by atoms with E-state index in [4.69, 9.17) is 16.3 Å². The summed E-state index contributed by atoms with van der Waals surface area (Å²) < 4.78 is 7.70. The normalized spacial score (nSPS) is 16.8. The van der Waals surface area contributed by atoms with Gasteiger partial charge in [-0.05, 0) is 30.3 Å². The van der Waals surface area contributed by atoms with Crippen molar-refractivity contribution in [3.63, 3.8) is 0 Å². The summed E-state index contributed by atoms with van der Waals surface area (Å²) in [7, 11) is 1.93. The quantitative estimate of drug-likeness (QED) is 0.732. The molecule has 4 rings (SSSR count). The number of halogens is 1. The Kier molecular flexibility index (Phi) is 5.27. The van der Waals surface area contributed by atoms with Crippen molar-refractivity contribution in [1.29, 1.82) is 0 Å². The van der Waals surface area contributed by atoms with Gasteiger partial charge in [0, 0.05) is 50.2 Å². The minimum Gasteiger partial charge on any atom is -0.439 e. The van der Waals surface area contributed by atoms with Crippen molar-refractivity contribution in [3.8, 4) is 11.6 Å². The molecule has 8 heteroatoms. The summed E-state index contributed by atoms with van der Waals surface area (Å²) in [4.78, 5) is 23.8. The van der Waals surface area contributed by atoms with Crippen LogP contribution in [0.3, 0.4) is 0 Å². The summed E-state index contributed by atoms with van der Waals surface area (Å²) in [6.45, 7) is 1.96. The molecule has 3 aromatic rings. The average Bonchev–Trinajstić information content (AvgIpc) is 3.15. The number of hydrogen-bond donors (Lipinski definition) is 1. The maximum atomic E-state index is 13.2. The molecule has 1 aromatic carbocycles. The van der Waals surface area contributed by atoms with Crippen LogP contribution in [-0.2, 0) is 7.05 Å². The van der Waals surface area contributed by atoms with E-state index in [1.165, 1.54) is 0 Å². The lowest BCUT2D eigenvalue weighted by Gasteiger charge is -2.35. The third-order valence-electron chi connectivity index (χ3n) is 4.64. The summed E-state index contributed by atoms with van der Waals surface area (Å²) in [6.07, 6.45) is 3.62. The number of benzene rings is 1. The third kappa shape index (κ3) is 3.85. The predicted octanol–water partition coefficient (Wildman–Crippen LogP) is 3.05. The van der Waals surface area contributed by atoms with Gasteiger partial charge in [0.1, 0.15) is 23.3 Å². The first-order chi connectivity index (χ1) is 13.6. The van der Waals surface area contributed by atoms with Gasteiger partial charge in [-0.1, -0.05) is 17.7 Å². The van der Waals surface area contributed by atoms with E-state index in [-0.39, 0.29) is 11.9 Å². The monoisotopic (exact) mass is 397 g/mol. The standard InChI is InChI=1S/C20H20ClN5O2/c1-25-11-10-23-19(25)17-13-22-9-12-26(17)20(27)16-3-2-4-18(24-16)28-15-7-5-14(21)6-8-15/h2-8,10-11,17,22H,9,12-13H2,1H3. The van der Waals surface area contributed by atoms with Crippen LogP contribution < -0.4 is 10.1 Å². The first-order valence-corrected chi connectivity index (χ1v) is 9.39. The number of aryl methyl sites for hydroxylation is 1. The molecule has 0 saturated carbocycles. The summed E-state index contributed by atoms with van der Waals surface area (Å²) >= 11 is 5.90. The molecule has 3 heterocycles. The Bertz CT molecular complexity index is 973. The van der Waals surface area contributed by atoms with E-state index in [0.29, 0.717) is 35.4 Å². The first kappa shape index (κ1) is 18.5. The summed E-state index contributed by atoms with van der Waals surface area (Å²) in [5.41, 5.74) is 0.340. The molecule has 0 aliphatic carbocycles. The second-order valence-corrected chi connectivity index (χ2v) is 6.97. The Morgan fingerprint density at radius 3 is 2.82 bits per heavy atom. The number of amides is 1. The predicted molar refractivity (Wildman–Crippen MR) is 106 cm³/mol. The molecule has 1 aliphatic rings. The third-order valence-corrected chi connectivity index (χ3v) is 4.89. The smallest absolute Gasteiger partial charge is 0.273 e. The van der Waals surface area contributed by atoms with Crippen LogP contribution in [0.15, 0.2) is 54.9 Å². The van der Waals surface area contributed by atoms with Crippen molar-refractivity contribution in [3.05, 3.63) is 71.4 Å². The molecule has 1 saturated heterocycles. The number of aromatic nitrogens is 3. The number of rotatable bonds is 4. The summed E-state index contributed by atoms with van der Waals surface area (Å²) in [5.74, 6) is 1.66. The Balaban J connectivity index is 1.56. The van der Waals surface area contributed by atoms with Gasteiger partial charge in [0.15, 0.2) is 0 Å². The van der Waals surface area contributed by atoms with Crippen LogP contribution >= 0.6 is 11.6 Å². The highest BCUT2D eigenvalue weighted by Gasteiger charge is 2.31. The fourth-order valence-corrected chi connectivity index (χ4v) is 3.36. The maximum Gasteiger partial charge on any atom is 0.273 e. The number of nitrogens with zero attached hydrogens (tertiary/aromatic N) is 4. The van der Waals surface area contributed by atoms with Gasteiger partial charge in [-0.25, -0.2) is 9.97 Å². The number of piperazine rings is 1. The van der Waals surface area contributed by atoms with Gasteiger partial charge in [0.05, 0.1) is 0 Å². The van der Waals surface area contributed by atoms with Crippen molar-refractivity contribution >= 4 is 17.5 Å². The zero-order valence-corrected chi connectivity index (χ0v) is 16.1. The molecule has 1 atom stereocenters. The van der Waals surface area contributed by atoms with E-state index in [9.17, 15) is 4.79 Å². The zero-order valence-electron chi connectivity index (χ0n) is 15.4. The van der Waals surface area contributed by atoms with Crippen molar-refractivity contribution in [1.82, 2.24) is 24.8 Å². The highest BCUT2D eigenvalue weighted by Crippen LogP contribution is 2.25. The molecule has 1 fully saturated rings. The molecule has 1 unspecified atom stereocenters. The molecule has 144 valence electrons. The van der Waals surface area contributed by atoms with Gasteiger partial charge in [-0.15, -0.1) is 0 Å². The molecule has 0 radical (unpaired) electrons. The Hall–Kier alpha value is -2.90. The van der Waals surface area contributed by atoms with Crippen LogP contribution in [0.4, 0.5) is 0 Å². The number of pyridine rings is 1. The molecular formula is C20H20ClN5O2. The highest BCUT2D eigenvalue weighted by atomic mass is 35.5. The maximum absolute atomic E-state index is 13.2. The Morgan fingerprint density at radius 1 is 1.25 bits per heavy atom. The van der Waals surface area contributed by atoms with Crippen LogP contribution in [0.5, 0.6) is 11.6 Å². The fourth-order valence-electron chi connectivity index (χ4n) is 3.24. The lowest BCUT2D eigenvalue weighted by Crippen LogP contribution is -2.49. The lowest BCUT2D eigenvalue weighted by molar-refractivity contribution is 0.0614. The number of carbonyl (C=O) groups is 1. The topological polar surface area (TPSA) is 72.3 Å². The van der Waals surface area contributed by atoms with Gasteiger partial charge >= 0.3 is 0 Å². The van der Waals surface area contributed by atoms with E-state index in [2.05, 4.69) is 15.3 Å². The second-order valence-electron chi connectivity index (χ2n) is 6.53. The fraction of sp³-hybridized carbons (Fsp3) is 0.250. The molecule has 1 amide bonds. The zero-order chi connectivity index (χ0) is 19.5. The average molecular weight is 398 g/mol. The minimum atomic E-state index is -0.149. The van der Waals surface area contributed by atoms with Crippen molar-refractivity contribution in [2.75, 3.05) is 19.6 Å². The Labute approximate surface area is 167 Å². The molecule has 7 nitrogen and oxygen atoms in total. The summed E-state index contributed by atoms with van der Waals surface area (Å²) in [6, 6.07) is 12.0. The minimum absolute atomic E-state index is 0.143. The van der Waals surface area contributed by atoms with Gasteiger partial charge < -0.3 is 19.5 Å². The van der Waals surface area contributed by atoms with Gasteiger partial charge in [0.25, 0.3) is 5.91 Å². The largest absolute Gasteiger partial charge is 0.439 e. The molecule has 2 aromatic heterocycles. The lowest BCUT2D eigenvalue weighted by atomic mass is 10.1. The SMILES string of the molecule is Cn1ccnc1C1CNCCN1C(=O)c1cccc(Oc2ccc(Cl)cc2)n1.